The summed E-state index contributed by atoms with van der Waals surface area (Å²) in [7, 11) is -3.71. The van der Waals surface area contributed by atoms with Crippen LogP contribution in [-0.2, 0) is 19.6 Å². The normalized spacial score (nSPS) is 23.1. The maximum atomic E-state index is 13.2. The van der Waals surface area contributed by atoms with Crippen LogP contribution < -0.4 is 5.32 Å². The molecule has 2 aliphatic rings. The molecule has 8 heteroatoms. The van der Waals surface area contributed by atoms with E-state index in [-0.39, 0.29) is 23.1 Å². The third-order valence-corrected chi connectivity index (χ3v) is 7.36. The molecular formula is C20H29N3O4S. The van der Waals surface area contributed by atoms with Gasteiger partial charge in [0.25, 0.3) is 0 Å². The number of sulfonamides is 1. The Labute approximate surface area is 167 Å². The lowest BCUT2D eigenvalue weighted by Crippen LogP contribution is -2.48. The Morgan fingerprint density at radius 2 is 1.71 bits per heavy atom. The molecule has 2 fully saturated rings. The highest BCUT2D eigenvalue weighted by Gasteiger charge is 2.41. The molecule has 1 aromatic rings. The third kappa shape index (κ3) is 4.91. The number of amides is 2. The molecule has 0 aliphatic carbocycles. The number of nitrogens with one attached hydrogen (secondary N) is 1. The zero-order valence-electron chi connectivity index (χ0n) is 16.2. The minimum Gasteiger partial charge on any atom is -0.356 e. The van der Waals surface area contributed by atoms with Crippen molar-refractivity contribution >= 4 is 21.8 Å². The lowest BCUT2D eigenvalue weighted by Gasteiger charge is -2.30. The average Bonchev–Trinajstić information content (AvgIpc) is 3.18. The molecule has 0 aromatic heterocycles. The summed E-state index contributed by atoms with van der Waals surface area (Å²) in [5.74, 6) is -0.232. The average molecular weight is 408 g/mol. The van der Waals surface area contributed by atoms with Crippen LogP contribution in [0, 0.1) is 0 Å². The fourth-order valence-corrected chi connectivity index (χ4v) is 5.55. The molecule has 1 aromatic carbocycles. The van der Waals surface area contributed by atoms with E-state index in [9.17, 15) is 18.0 Å². The number of nitrogens with zero attached hydrogens (tertiary/aromatic N) is 2. The van der Waals surface area contributed by atoms with Gasteiger partial charge in [0.05, 0.1) is 4.90 Å². The van der Waals surface area contributed by atoms with Gasteiger partial charge in [-0.3, -0.25) is 9.59 Å². The quantitative estimate of drug-likeness (QED) is 0.827. The predicted octanol–water partition coefficient (Wildman–Crippen LogP) is 1.75. The Bertz CT molecular complexity index is 782. The van der Waals surface area contributed by atoms with Gasteiger partial charge in [0, 0.05) is 32.6 Å². The molecule has 0 radical (unpaired) electrons. The van der Waals surface area contributed by atoms with E-state index in [1.807, 2.05) is 0 Å². The van der Waals surface area contributed by atoms with Crippen molar-refractivity contribution in [1.82, 2.24) is 14.5 Å². The highest BCUT2D eigenvalue weighted by atomic mass is 32.2. The second-order valence-electron chi connectivity index (χ2n) is 7.43. The maximum Gasteiger partial charge on any atom is 0.243 e. The SMILES string of the molecule is O=C1CCN(C(=O)[C@@H]2CCCN2S(=O)(=O)c2ccccc2)CCCCCCN1. The van der Waals surface area contributed by atoms with E-state index in [1.165, 1.54) is 4.31 Å². The van der Waals surface area contributed by atoms with Crippen LogP contribution in [0.25, 0.3) is 0 Å². The van der Waals surface area contributed by atoms with E-state index in [4.69, 9.17) is 0 Å². The van der Waals surface area contributed by atoms with Gasteiger partial charge in [-0.25, -0.2) is 8.42 Å². The molecular weight excluding hydrogens is 378 g/mol. The highest BCUT2D eigenvalue weighted by molar-refractivity contribution is 7.89. The summed E-state index contributed by atoms with van der Waals surface area (Å²) in [6.45, 7) is 1.93. The van der Waals surface area contributed by atoms with Gasteiger partial charge in [-0.15, -0.1) is 0 Å². The number of hydrogen-bond donors (Lipinski definition) is 1. The van der Waals surface area contributed by atoms with Crippen molar-refractivity contribution in [3.8, 4) is 0 Å². The summed E-state index contributed by atoms with van der Waals surface area (Å²) >= 11 is 0. The minimum absolute atomic E-state index is 0.0557. The van der Waals surface area contributed by atoms with Crippen LogP contribution in [-0.4, -0.2) is 61.7 Å². The molecule has 2 heterocycles. The largest absolute Gasteiger partial charge is 0.356 e. The molecule has 0 bridgehead atoms. The maximum absolute atomic E-state index is 13.2. The van der Waals surface area contributed by atoms with Crippen LogP contribution in [0.2, 0.25) is 0 Å². The van der Waals surface area contributed by atoms with Crippen LogP contribution in [0.5, 0.6) is 0 Å². The van der Waals surface area contributed by atoms with E-state index in [0.717, 1.165) is 25.7 Å². The summed E-state index contributed by atoms with van der Waals surface area (Å²) in [6.07, 6.45) is 5.27. The number of carbonyl (C=O) groups is 2. The predicted molar refractivity (Wildman–Crippen MR) is 106 cm³/mol. The lowest BCUT2D eigenvalue weighted by molar-refractivity contribution is -0.135. The van der Waals surface area contributed by atoms with Crippen molar-refractivity contribution in [3.63, 3.8) is 0 Å². The first kappa shape index (κ1) is 20.8. The lowest BCUT2D eigenvalue weighted by atomic mass is 10.1. The molecule has 7 nitrogen and oxygen atoms in total. The van der Waals surface area contributed by atoms with Gasteiger partial charge in [0.15, 0.2) is 0 Å². The fraction of sp³-hybridized carbons (Fsp3) is 0.600. The first-order chi connectivity index (χ1) is 13.5. The van der Waals surface area contributed by atoms with Crippen LogP contribution in [0.1, 0.15) is 44.9 Å². The van der Waals surface area contributed by atoms with E-state index < -0.39 is 16.1 Å². The summed E-state index contributed by atoms with van der Waals surface area (Å²) in [4.78, 5) is 27.1. The molecule has 2 amide bonds. The zero-order chi connectivity index (χ0) is 20.0. The van der Waals surface area contributed by atoms with Crippen molar-refractivity contribution < 1.29 is 18.0 Å². The van der Waals surface area contributed by atoms with E-state index in [2.05, 4.69) is 5.32 Å². The molecule has 28 heavy (non-hydrogen) atoms. The van der Waals surface area contributed by atoms with Crippen molar-refractivity contribution in [1.29, 1.82) is 0 Å². The Morgan fingerprint density at radius 3 is 2.50 bits per heavy atom. The number of hydrogen-bond acceptors (Lipinski definition) is 4. The van der Waals surface area contributed by atoms with Gasteiger partial charge in [0.2, 0.25) is 21.8 Å². The molecule has 0 saturated carbocycles. The van der Waals surface area contributed by atoms with Crippen LogP contribution in [0.4, 0.5) is 0 Å². The Hall–Kier alpha value is -1.93. The Balaban J connectivity index is 1.75. The molecule has 0 unspecified atom stereocenters. The van der Waals surface area contributed by atoms with Crippen LogP contribution in [0.15, 0.2) is 35.2 Å². The van der Waals surface area contributed by atoms with Gasteiger partial charge in [0.1, 0.15) is 6.04 Å². The number of carbonyl (C=O) groups excluding carboxylic acids is 2. The van der Waals surface area contributed by atoms with Crippen molar-refractivity contribution in [2.24, 2.45) is 0 Å². The van der Waals surface area contributed by atoms with Gasteiger partial charge >= 0.3 is 0 Å². The summed E-state index contributed by atoms with van der Waals surface area (Å²) in [5, 5.41) is 2.88. The smallest absolute Gasteiger partial charge is 0.243 e. The summed E-state index contributed by atoms with van der Waals surface area (Å²) < 4.78 is 27.4. The monoisotopic (exact) mass is 407 g/mol. The van der Waals surface area contributed by atoms with Crippen molar-refractivity contribution in [2.45, 2.75) is 55.9 Å². The first-order valence-corrected chi connectivity index (χ1v) is 11.6. The molecule has 0 spiro atoms. The second-order valence-corrected chi connectivity index (χ2v) is 9.32. The fourth-order valence-electron chi connectivity index (χ4n) is 3.88. The van der Waals surface area contributed by atoms with E-state index in [1.54, 1.807) is 35.2 Å². The number of benzene rings is 1. The third-order valence-electron chi connectivity index (χ3n) is 5.44. The minimum atomic E-state index is -3.71. The van der Waals surface area contributed by atoms with Gasteiger partial charge in [-0.05, 0) is 37.8 Å². The number of rotatable bonds is 3. The Morgan fingerprint density at radius 1 is 0.964 bits per heavy atom. The van der Waals surface area contributed by atoms with Crippen LogP contribution >= 0.6 is 0 Å². The topological polar surface area (TPSA) is 86.8 Å². The van der Waals surface area contributed by atoms with Crippen LogP contribution in [0.3, 0.4) is 0 Å². The van der Waals surface area contributed by atoms with Gasteiger partial charge in [-0.1, -0.05) is 31.0 Å². The Kier molecular flexibility index (Phi) is 7.07. The molecule has 1 N–H and O–H groups in total. The first-order valence-electron chi connectivity index (χ1n) is 10.1. The van der Waals surface area contributed by atoms with Gasteiger partial charge < -0.3 is 10.2 Å². The zero-order valence-corrected chi connectivity index (χ0v) is 17.0. The highest BCUT2D eigenvalue weighted by Crippen LogP contribution is 2.27. The summed E-state index contributed by atoms with van der Waals surface area (Å²) in [5.41, 5.74) is 0. The van der Waals surface area contributed by atoms with Gasteiger partial charge in [-0.2, -0.15) is 4.31 Å². The standard InChI is InChI=1S/C20H29N3O4S/c24-19-12-16-22(14-7-2-1-6-13-21-19)20(25)18-11-8-15-23(18)28(26,27)17-9-4-3-5-10-17/h3-5,9-10,18H,1-2,6-8,11-16H2,(H,21,24)/t18-/m0/s1. The van der Waals surface area contributed by atoms with E-state index in [0.29, 0.717) is 39.0 Å². The second kappa shape index (κ2) is 9.52. The molecule has 3 rings (SSSR count). The molecule has 154 valence electrons. The van der Waals surface area contributed by atoms with Crippen molar-refractivity contribution in [2.75, 3.05) is 26.2 Å². The molecule has 2 saturated heterocycles. The van der Waals surface area contributed by atoms with E-state index >= 15 is 0 Å². The summed E-state index contributed by atoms with van der Waals surface area (Å²) in [6, 6.07) is 7.58. The van der Waals surface area contributed by atoms with Crippen molar-refractivity contribution in [3.05, 3.63) is 30.3 Å². The molecule has 1 atom stereocenters. The molecule has 2 aliphatic heterocycles.